The van der Waals surface area contributed by atoms with Gasteiger partial charge in [-0.05, 0) is 38.3 Å². The fraction of sp³-hybridized carbons (Fsp3) is 0.632. The molecule has 0 bridgehead atoms. The van der Waals surface area contributed by atoms with Gasteiger partial charge in [-0.1, -0.05) is 12.1 Å². The fourth-order valence-corrected chi connectivity index (χ4v) is 3.51. The molecule has 1 amide bonds. The average Bonchev–Trinajstić information content (AvgIpc) is 3.14. The van der Waals surface area contributed by atoms with E-state index in [2.05, 4.69) is 11.0 Å². The van der Waals surface area contributed by atoms with Crippen molar-refractivity contribution in [2.75, 3.05) is 44.3 Å². The molecule has 2 aliphatic heterocycles. The molecule has 2 saturated heterocycles. The summed E-state index contributed by atoms with van der Waals surface area (Å²) in [5.74, 6) is 1.20. The third kappa shape index (κ3) is 4.20. The highest BCUT2D eigenvalue weighted by atomic mass is 16.5. The zero-order valence-electron chi connectivity index (χ0n) is 14.6. The van der Waals surface area contributed by atoms with E-state index in [-0.39, 0.29) is 5.91 Å². The van der Waals surface area contributed by atoms with E-state index >= 15 is 0 Å². The number of piperazine rings is 1. The fourth-order valence-electron chi connectivity index (χ4n) is 3.51. The Morgan fingerprint density at radius 2 is 2.04 bits per heavy atom. The molecule has 5 nitrogen and oxygen atoms in total. The minimum absolute atomic E-state index is 0.267. The van der Waals surface area contributed by atoms with Gasteiger partial charge in [-0.25, -0.2) is 0 Å². The molecule has 0 radical (unpaired) electrons. The van der Waals surface area contributed by atoms with Crippen LogP contribution in [0.2, 0.25) is 0 Å². The molecule has 2 aliphatic rings. The number of ether oxygens (including phenoxy) is 2. The molecule has 0 unspecified atom stereocenters. The van der Waals surface area contributed by atoms with Gasteiger partial charge in [-0.15, -0.1) is 0 Å². The number of para-hydroxylation sites is 2. The summed E-state index contributed by atoms with van der Waals surface area (Å²) in [5, 5.41) is 0. The highest BCUT2D eigenvalue weighted by Gasteiger charge is 2.24. The van der Waals surface area contributed by atoms with Crippen molar-refractivity contribution in [3.8, 4) is 5.75 Å². The second kappa shape index (κ2) is 8.38. The smallest absolute Gasteiger partial charge is 0.222 e. The summed E-state index contributed by atoms with van der Waals surface area (Å²) in [6.07, 6.45) is 4.02. The van der Waals surface area contributed by atoms with Crippen molar-refractivity contribution in [2.45, 2.75) is 38.7 Å². The Labute approximate surface area is 144 Å². The van der Waals surface area contributed by atoms with Crippen molar-refractivity contribution in [1.82, 2.24) is 4.90 Å². The third-order valence-corrected chi connectivity index (χ3v) is 4.84. The molecule has 0 spiro atoms. The van der Waals surface area contributed by atoms with Crippen molar-refractivity contribution in [3.05, 3.63) is 24.3 Å². The first kappa shape index (κ1) is 17.1. The van der Waals surface area contributed by atoms with Crippen LogP contribution in [0.3, 0.4) is 0 Å². The van der Waals surface area contributed by atoms with Crippen LogP contribution in [0.4, 0.5) is 5.69 Å². The molecule has 1 aromatic carbocycles. The lowest BCUT2D eigenvalue weighted by Crippen LogP contribution is -2.49. The molecule has 2 heterocycles. The van der Waals surface area contributed by atoms with Crippen LogP contribution >= 0.6 is 0 Å². The van der Waals surface area contributed by atoms with Crippen LogP contribution in [0, 0.1) is 0 Å². The third-order valence-electron chi connectivity index (χ3n) is 4.84. The van der Waals surface area contributed by atoms with Crippen LogP contribution in [-0.4, -0.2) is 56.3 Å². The molecule has 24 heavy (non-hydrogen) atoms. The number of amides is 1. The SMILES string of the molecule is CCOc1ccccc1N1CCN(C(=O)CC[C@@H]2CCCO2)CC1. The van der Waals surface area contributed by atoms with E-state index in [1.807, 2.05) is 30.0 Å². The number of anilines is 1. The van der Waals surface area contributed by atoms with Crippen LogP contribution < -0.4 is 9.64 Å². The Bertz CT molecular complexity index is 535. The van der Waals surface area contributed by atoms with Crippen molar-refractivity contribution >= 4 is 11.6 Å². The molecular weight excluding hydrogens is 304 g/mol. The van der Waals surface area contributed by atoms with Crippen molar-refractivity contribution in [3.63, 3.8) is 0 Å². The number of benzene rings is 1. The molecule has 2 fully saturated rings. The summed E-state index contributed by atoms with van der Waals surface area (Å²) >= 11 is 0. The first-order valence-corrected chi connectivity index (χ1v) is 9.14. The van der Waals surface area contributed by atoms with E-state index in [0.29, 0.717) is 19.1 Å². The minimum atomic E-state index is 0.267. The summed E-state index contributed by atoms with van der Waals surface area (Å²) in [5.41, 5.74) is 1.13. The normalized spacial score (nSPS) is 21.1. The lowest BCUT2D eigenvalue weighted by atomic mass is 10.1. The van der Waals surface area contributed by atoms with Gasteiger partial charge in [-0.3, -0.25) is 4.79 Å². The number of carbonyl (C=O) groups is 1. The molecule has 1 atom stereocenters. The highest BCUT2D eigenvalue weighted by Crippen LogP contribution is 2.29. The Kier molecular flexibility index (Phi) is 5.96. The molecule has 1 aromatic rings. The van der Waals surface area contributed by atoms with Crippen molar-refractivity contribution in [1.29, 1.82) is 0 Å². The van der Waals surface area contributed by atoms with E-state index < -0.39 is 0 Å². The molecule has 5 heteroatoms. The maximum absolute atomic E-state index is 12.4. The molecule has 0 aromatic heterocycles. The number of carbonyl (C=O) groups excluding carboxylic acids is 1. The van der Waals surface area contributed by atoms with Gasteiger partial charge in [0.1, 0.15) is 5.75 Å². The second-order valence-corrected chi connectivity index (χ2v) is 6.44. The van der Waals surface area contributed by atoms with Gasteiger partial charge >= 0.3 is 0 Å². The molecular formula is C19H28N2O3. The van der Waals surface area contributed by atoms with Crippen LogP contribution in [0.5, 0.6) is 5.75 Å². The maximum atomic E-state index is 12.4. The largest absolute Gasteiger partial charge is 0.492 e. The van der Waals surface area contributed by atoms with Crippen molar-refractivity contribution < 1.29 is 14.3 Å². The maximum Gasteiger partial charge on any atom is 0.222 e. The standard InChI is InChI=1S/C19H28N2O3/c1-2-23-18-8-4-3-7-17(18)20-11-13-21(14-12-20)19(22)10-9-16-6-5-15-24-16/h3-4,7-8,16H,2,5-6,9-15H2,1H3/t16-/m0/s1. The molecule has 0 saturated carbocycles. The predicted molar refractivity (Wildman–Crippen MR) is 94.6 cm³/mol. The van der Waals surface area contributed by atoms with Gasteiger partial charge in [-0.2, -0.15) is 0 Å². The summed E-state index contributed by atoms with van der Waals surface area (Å²) < 4.78 is 11.3. The van der Waals surface area contributed by atoms with Gasteiger partial charge in [0.15, 0.2) is 0 Å². The zero-order chi connectivity index (χ0) is 16.8. The molecule has 132 valence electrons. The van der Waals surface area contributed by atoms with Gasteiger partial charge < -0.3 is 19.3 Å². The highest BCUT2D eigenvalue weighted by molar-refractivity contribution is 5.76. The quantitative estimate of drug-likeness (QED) is 0.803. The summed E-state index contributed by atoms with van der Waals surface area (Å²) in [6.45, 7) is 6.80. The Morgan fingerprint density at radius 1 is 1.25 bits per heavy atom. The van der Waals surface area contributed by atoms with Gasteiger partial charge in [0.25, 0.3) is 0 Å². The first-order valence-electron chi connectivity index (χ1n) is 9.14. The lowest BCUT2D eigenvalue weighted by Gasteiger charge is -2.36. The summed E-state index contributed by atoms with van der Waals surface area (Å²) in [6, 6.07) is 8.15. The molecule has 3 rings (SSSR count). The summed E-state index contributed by atoms with van der Waals surface area (Å²) in [4.78, 5) is 16.7. The van der Waals surface area contributed by atoms with E-state index in [1.165, 1.54) is 0 Å². The van der Waals surface area contributed by atoms with E-state index in [4.69, 9.17) is 9.47 Å². The minimum Gasteiger partial charge on any atom is -0.492 e. The Balaban J connectivity index is 1.49. The van der Waals surface area contributed by atoms with Gasteiger partial charge in [0, 0.05) is 39.2 Å². The second-order valence-electron chi connectivity index (χ2n) is 6.44. The number of nitrogens with zero attached hydrogens (tertiary/aromatic N) is 2. The predicted octanol–water partition coefficient (Wildman–Crippen LogP) is 2.69. The van der Waals surface area contributed by atoms with E-state index in [9.17, 15) is 4.79 Å². The first-order chi connectivity index (χ1) is 11.8. The number of hydrogen-bond acceptors (Lipinski definition) is 4. The van der Waals surface area contributed by atoms with Crippen molar-refractivity contribution in [2.24, 2.45) is 0 Å². The Morgan fingerprint density at radius 3 is 2.75 bits per heavy atom. The van der Waals surface area contributed by atoms with Crippen LogP contribution in [-0.2, 0) is 9.53 Å². The molecule has 0 N–H and O–H groups in total. The topological polar surface area (TPSA) is 42.0 Å². The zero-order valence-corrected chi connectivity index (χ0v) is 14.6. The number of rotatable bonds is 6. The lowest BCUT2D eigenvalue weighted by molar-refractivity contribution is -0.132. The number of hydrogen-bond donors (Lipinski definition) is 0. The Hall–Kier alpha value is -1.75. The van der Waals surface area contributed by atoms with E-state index in [1.54, 1.807) is 0 Å². The van der Waals surface area contributed by atoms with Gasteiger partial charge in [0.2, 0.25) is 5.91 Å². The van der Waals surface area contributed by atoms with E-state index in [0.717, 1.165) is 63.5 Å². The van der Waals surface area contributed by atoms with Crippen LogP contribution in [0.1, 0.15) is 32.6 Å². The average molecular weight is 332 g/mol. The van der Waals surface area contributed by atoms with Crippen LogP contribution in [0.25, 0.3) is 0 Å². The summed E-state index contributed by atoms with van der Waals surface area (Å²) in [7, 11) is 0. The molecule has 0 aliphatic carbocycles. The monoisotopic (exact) mass is 332 g/mol. The van der Waals surface area contributed by atoms with Gasteiger partial charge in [0.05, 0.1) is 18.4 Å². The van der Waals surface area contributed by atoms with Crippen LogP contribution in [0.15, 0.2) is 24.3 Å².